The van der Waals surface area contributed by atoms with Crippen LogP contribution in [0.4, 0.5) is 0 Å². The van der Waals surface area contributed by atoms with Crippen molar-refractivity contribution >= 4 is 11.9 Å². The zero-order valence-electron chi connectivity index (χ0n) is 45.0. The molecule has 0 saturated heterocycles. The van der Waals surface area contributed by atoms with Crippen LogP contribution < -0.4 is 0 Å². The van der Waals surface area contributed by atoms with Gasteiger partial charge in [-0.15, -0.1) is 0 Å². The van der Waals surface area contributed by atoms with Crippen molar-refractivity contribution in [2.75, 3.05) is 19.8 Å². The van der Waals surface area contributed by atoms with E-state index in [9.17, 15) is 9.59 Å². The Labute approximate surface area is 431 Å². The maximum Gasteiger partial charge on any atom is 0.306 e. The Morgan fingerprint density at radius 2 is 0.671 bits per heavy atom. The summed E-state index contributed by atoms with van der Waals surface area (Å²) in [5.74, 6) is -0.539. The van der Waals surface area contributed by atoms with Crippen LogP contribution in [0.3, 0.4) is 0 Å². The van der Waals surface area contributed by atoms with Gasteiger partial charge in [0.2, 0.25) is 0 Å². The van der Waals surface area contributed by atoms with Gasteiger partial charge in [0.25, 0.3) is 0 Å². The largest absolute Gasteiger partial charge is 0.462 e. The van der Waals surface area contributed by atoms with Crippen molar-refractivity contribution in [2.24, 2.45) is 0 Å². The minimum atomic E-state index is -0.607. The van der Waals surface area contributed by atoms with Gasteiger partial charge in [-0.1, -0.05) is 224 Å². The van der Waals surface area contributed by atoms with Crippen LogP contribution >= 0.6 is 0 Å². The van der Waals surface area contributed by atoms with Crippen LogP contribution in [0, 0.1) is 0 Å². The van der Waals surface area contributed by atoms with E-state index >= 15 is 0 Å². The Balaban J connectivity index is 4.53. The molecule has 0 aliphatic carbocycles. The van der Waals surface area contributed by atoms with Gasteiger partial charge < -0.3 is 14.2 Å². The van der Waals surface area contributed by atoms with Crippen LogP contribution in [-0.4, -0.2) is 37.9 Å². The van der Waals surface area contributed by atoms with Crippen LogP contribution in [0.5, 0.6) is 0 Å². The summed E-state index contributed by atoms with van der Waals surface area (Å²) in [7, 11) is 0. The first-order valence-corrected chi connectivity index (χ1v) is 28.0. The molecule has 1 atom stereocenters. The van der Waals surface area contributed by atoms with Crippen LogP contribution in [0.1, 0.15) is 213 Å². The normalized spacial score (nSPS) is 13.5. The number of esters is 2. The second-order valence-corrected chi connectivity index (χ2v) is 17.7. The van der Waals surface area contributed by atoms with Crippen molar-refractivity contribution in [3.05, 3.63) is 158 Å². The average Bonchev–Trinajstić information content (AvgIpc) is 3.36. The van der Waals surface area contributed by atoms with Crippen molar-refractivity contribution < 1.29 is 23.8 Å². The first-order chi connectivity index (χ1) is 34.6. The predicted molar refractivity (Wildman–Crippen MR) is 306 cm³/mol. The average molecular weight is 964 g/mol. The van der Waals surface area contributed by atoms with Gasteiger partial charge in [0.15, 0.2) is 6.10 Å². The summed E-state index contributed by atoms with van der Waals surface area (Å²) >= 11 is 0. The quantitative estimate of drug-likeness (QED) is 0.0345. The lowest BCUT2D eigenvalue weighted by molar-refractivity contribution is -0.162. The molecular formula is C65H102O5. The molecule has 0 aromatic carbocycles. The Morgan fingerprint density at radius 3 is 1.09 bits per heavy atom. The Bertz CT molecular complexity index is 1560. The summed E-state index contributed by atoms with van der Waals surface area (Å²) in [5, 5.41) is 0. The molecule has 70 heavy (non-hydrogen) atoms. The molecule has 0 radical (unpaired) electrons. The molecule has 0 N–H and O–H groups in total. The zero-order valence-corrected chi connectivity index (χ0v) is 45.0. The van der Waals surface area contributed by atoms with E-state index in [0.717, 1.165) is 122 Å². The van der Waals surface area contributed by atoms with E-state index in [0.29, 0.717) is 19.4 Å². The highest BCUT2D eigenvalue weighted by Crippen LogP contribution is 2.12. The van der Waals surface area contributed by atoms with E-state index in [2.05, 4.69) is 173 Å². The maximum absolute atomic E-state index is 12.9. The monoisotopic (exact) mass is 963 g/mol. The van der Waals surface area contributed by atoms with Crippen molar-refractivity contribution in [1.82, 2.24) is 0 Å². The molecule has 5 nitrogen and oxygen atoms in total. The number of carbonyl (C=O) groups excluding carboxylic acids is 2. The highest BCUT2D eigenvalue weighted by Gasteiger charge is 2.17. The molecule has 0 heterocycles. The fourth-order valence-electron chi connectivity index (χ4n) is 6.94. The van der Waals surface area contributed by atoms with E-state index in [4.69, 9.17) is 14.2 Å². The molecule has 1 unspecified atom stereocenters. The van der Waals surface area contributed by atoms with Crippen molar-refractivity contribution in [3.8, 4) is 0 Å². The first kappa shape index (κ1) is 65.5. The van der Waals surface area contributed by atoms with E-state index < -0.39 is 6.10 Å². The van der Waals surface area contributed by atoms with Gasteiger partial charge in [-0.3, -0.25) is 9.59 Å². The molecule has 0 rings (SSSR count). The van der Waals surface area contributed by atoms with Gasteiger partial charge in [0.05, 0.1) is 6.61 Å². The van der Waals surface area contributed by atoms with Crippen molar-refractivity contribution in [2.45, 2.75) is 219 Å². The van der Waals surface area contributed by atoms with Gasteiger partial charge in [0.1, 0.15) is 6.61 Å². The lowest BCUT2D eigenvalue weighted by Crippen LogP contribution is -2.30. The Morgan fingerprint density at radius 1 is 0.329 bits per heavy atom. The molecule has 5 heteroatoms. The maximum atomic E-state index is 12.9. The Kier molecular flexibility index (Phi) is 55.1. The van der Waals surface area contributed by atoms with E-state index in [1.54, 1.807) is 0 Å². The molecule has 0 spiro atoms. The lowest BCUT2D eigenvalue weighted by atomic mass is 10.1. The summed E-state index contributed by atoms with van der Waals surface area (Å²) in [4.78, 5) is 25.5. The third kappa shape index (κ3) is 56.1. The van der Waals surface area contributed by atoms with Gasteiger partial charge >= 0.3 is 11.9 Å². The third-order valence-electron chi connectivity index (χ3n) is 11.0. The molecule has 0 aliphatic rings. The minimum Gasteiger partial charge on any atom is -0.462 e. The van der Waals surface area contributed by atoms with Crippen LogP contribution in [0.25, 0.3) is 0 Å². The molecule has 0 aromatic heterocycles. The molecular weight excluding hydrogens is 861 g/mol. The Hall–Kier alpha value is -4.48. The topological polar surface area (TPSA) is 61.8 Å². The number of carbonyl (C=O) groups is 2. The van der Waals surface area contributed by atoms with Crippen molar-refractivity contribution in [3.63, 3.8) is 0 Å². The number of unbranched alkanes of at least 4 members (excludes halogenated alkanes) is 12. The molecule has 392 valence electrons. The van der Waals surface area contributed by atoms with Gasteiger partial charge in [-0.25, -0.2) is 0 Å². The summed E-state index contributed by atoms with van der Waals surface area (Å²) < 4.78 is 17.3. The van der Waals surface area contributed by atoms with E-state index in [-0.39, 0.29) is 31.6 Å². The van der Waals surface area contributed by atoms with Gasteiger partial charge in [0, 0.05) is 19.4 Å². The zero-order chi connectivity index (χ0) is 50.6. The predicted octanol–water partition coefficient (Wildman–Crippen LogP) is 19.5. The number of hydrogen-bond donors (Lipinski definition) is 0. The highest BCUT2D eigenvalue weighted by atomic mass is 16.6. The first-order valence-electron chi connectivity index (χ1n) is 28.0. The van der Waals surface area contributed by atoms with Gasteiger partial charge in [-0.05, 0) is 135 Å². The molecule has 0 aromatic rings. The summed E-state index contributed by atoms with van der Waals surface area (Å²) in [6, 6.07) is 0. The van der Waals surface area contributed by atoms with Crippen LogP contribution in [-0.2, 0) is 23.8 Å². The van der Waals surface area contributed by atoms with Crippen LogP contribution in [0.15, 0.2) is 158 Å². The smallest absolute Gasteiger partial charge is 0.306 e. The van der Waals surface area contributed by atoms with Gasteiger partial charge in [-0.2, -0.15) is 0 Å². The standard InChI is InChI=1S/C65H102O5/c1-4-7-10-13-16-19-22-25-28-31-33-35-37-40-43-46-49-52-55-58-64(66)69-62-63(61-68-60-57-54-51-48-45-42-39-36-32-29-26-23-20-17-14-11-8-5-2)70-65(67)59-56-53-50-47-44-41-38-34-30-27-24-21-18-15-12-9-6-3/h7-8,10-11,16-21,25-30,33,35-36,39-40,43,45,48-49,52,63H,4-6,9,12-15,22-24,31-32,34,37-38,41-42,44,46-47,50-51,53-62H2,1-3H3/b10-7-,11-8-,19-16-,20-17-,21-18-,28-25-,29-26-,30-27-,35-33-,39-36-,43-40-,48-45-,52-49-. The van der Waals surface area contributed by atoms with E-state index in [1.165, 1.54) is 51.4 Å². The van der Waals surface area contributed by atoms with Crippen molar-refractivity contribution in [1.29, 1.82) is 0 Å². The second kappa shape index (κ2) is 58.8. The lowest BCUT2D eigenvalue weighted by Gasteiger charge is -2.18. The molecule has 0 amide bonds. The summed E-state index contributed by atoms with van der Waals surface area (Å²) in [6.45, 7) is 7.36. The number of rotatable bonds is 49. The number of allylic oxidation sites excluding steroid dienone is 26. The highest BCUT2D eigenvalue weighted by molar-refractivity contribution is 5.70. The molecule has 0 bridgehead atoms. The molecule has 0 fully saturated rings. The SMILES string of the molecule is CC/C=C\C/C=C\C/C=C\C/C=C\C/C=C\C/C=C\CCC(=O)OCC(COCCCC/C=C\C/C=C\C/C=C\C/C=C\C/C=C\CC)OC(=O)CCCCCCCCC/C=C\C/C=C\CCCCC. The molecule has 0 saturated carbocycles. The number of ether oxygens (including phenoxy) is 3. The third-order valence-corrected chi connectivity index (χ3v) is 11.0. The summed E-state index contributed by atoms with van der Waals surface area (Å²) in [6.07, 6.45) is 87.0. The second-order valence-electron chi connectivity index (χ2n) is 17.7. The fraction of sp³-hybridized carbons (Fsp3) is 0.569. The van der Waals surface area contributed by atoms with E-state index in [1.807, 2.05) is 6.08 Å². The minimum absolute atomic E-state index is 0.0132. The summed E-state index contributed by atoms with van der Waals surface area (Å²) in [5.41, 5.74) is 0. The molecule has 0 aliphatic heterocycles. The number of hydrogen-bond acceptors (Lipinski definition) is 5. The van der Waals surface area contributed by atoms with Crippen LogP contribution in [0.2, 0.25) is 0 Å². The fourth-order valence-corrected chi connectivity index (χ4v) is 6.94.